The number of aliphatic hydroxyl groups excluding tert-OH is 1. The van der Waals surface area contributed by atoms with Gasteiger partial charge >= 0.3 is 16.1 Å². The second-order valence-electron chi connectivity index (χ2n) is 11.1. The molecule has 0 spiro atoms. The molecule has 0 heterocycles. The average Bonchev–Trinajstić information content (AvgIpc) is 2.76. The molecule has 0 radical (unpaired) electrons. The Kier molecular flexibility index (Phi) is 9.41. The number of rotatable bonds is 11. The van der Waals surface area contributed by atoms with Crippen molar-refractivity contribution in [1.29, 1.82) is 0 Å². The van der Waals surface area contributed by atoms with Crippen LogP contribution in [-0.4, -0.2) is 36.5 Å². The third-order valence-electron chi connectivity index (χ3n) is 7.31. The first kappa shape index (κ1) is 29.8. The molecule has 2 aromatic rings. The summed E-state index contributed by atoms with van der Waals surface area (Å²) in [5.74, 6) is -2.27. The molecule has 2 unspecified atom stereocenters. The van der Waals surface area contributed by atoms with E-state index in [-0.39, 0.29) is 22.5 Å². The first-order chi connectivity index (χ1) is 16.6. The minimum Gasteiger partial charge on any atom is -0.480 e. The highest BCUT2D eigenvalue weighted by molar-refractivity contribution is 7.87. The zero-order valence-corrected chi connectivity index (χ0v) is 23.7. The molecular formula is C29H42O6S. The first-order valence-corrected chi connectivity index (χ1v) is 14.2. The maximum atomic E-state index is 12.0. The molecule has 0 aliphatic carbocycles. The lowest BCUT2D eigenvalue weighted by molar-refractivity contribution is -0.134. The van der Waals surface area contributed by atoms with E-state index in [1.54, 1.807) is 13.0 Å². The van der Waals surface area contributed by atoms with Crippen molar-refractivity contribution in [3.63, 3.8) is 0 Å². The van der Waals surface area contributed by atoms with E-state index >= 15 is 0 Å². The van der Waals surface area contributed by atoms with Crippen molar-refractivity contribution in [3.8, 4) is 5.75 Å². The first-order valence-electron chi connectivity index (χ1n) is 12.6. The smallest absolute Gasteiger partial charge is 0.322 e. The number of benzene rings is 2. The average molecular weight is 519 g/mol. The van der Waals surface area contributed by atoms with Crippen LogP contribution in [0.1, 0.15) is 82.2 Å². The quantitative estimate of drug-likeness (QED) is 0.365. The van der Waals surface area contributed by atoms with Crippen LogP contribution in [0.25, 0.3) is 0 Å². The Morgan fingerprint density at radius 2 is 1.50 bits per heavy atom. The maximum absolute atomic E-state index is 12.0. The predicted octanol–water partition coefficient (Wildman–Crippen LogP) is 5.79. The Morgan fingerprint density at radius 3 is 1.94 bits per heavy atom. The fourth-order valence-electron chi connectivity index (χ4n) is 5.13. The topological polar surface area (TPSA) is 101 Å². The molecule has 36 heavy (non-hydrogen) atoms. The van der Waals surface area contributed by atoms with Gasteiger partial charge in [0.2, 0.25) is 0 Å². The molecule has 0 bridgehead atoms. The number of aliphatic hydroxyl groups is 1. The molecule has 0 aromatic heterocycles. The van der Waals surface area contributed by atoms with Gasteiger partial charge in [0.05, 0.1) is 6.10 Å². The van der Waals surface area contributed by atoms with E-state index in [1.807, 2.05) is 12.1 Å². The van der Waals surface area contributed by atoms with Gasteiger partial charge in [0.25, 0.3) is 0 Å². The van der Waals surface area contributed by atoms with Crippen LogP contribution in [0.2, 0.25) is 0 Å². The fourth-order valence-corrected chi connectivity index (χ4v) is 5.95. The normalized spacial score (nSPS) is 14.4. The zero-order chi connectivity index (χ0) is 27.5. The Morgan fingerprint density at radius 1 is 0.972 bits per heavy atom. The number of carbonyl (C=O) groups is 1. The summed E-state index contributed by atoms with van der Waals surface area (Å²) >= 11 is 0. The highest BCUT2D eigenvalue weighted by Gasteiger charge is 2.32. The fraction of sp³-hybridized carbons (Fsp3) is 0.552. The molecule has 0 saturated heterocycles. The van der Waals surface area contributed by atoms with Gasteiger partial charge in [-0.3, -0.25) is 4.79 Å². The van der Waals surface area contributed by atoms with Crippen molar-refractivity contribution in [2.24, 2.45) is 11.3 Å². The molecule has 2 rings (SSSR count). The number of carboxylic acids is 1. The molecule has 0 amide bonds. The number of aryl methyl sites for hydroxylation is 2. The Bertz CT molecular complexity index is 1170. The molecule has 0 saturated carbocycles. The molecule has 0 aliphatic rings. The molecule has 6 nitrogen and oxygen atoms in total. The van der Waals surface area contributed by atoms with Gasteiger partial charge in [-0.05, 0) is 78.3 Å². The largest absolute Gasteiger partial charge is 0.480 e. The van der Waals surface area contributed by atoms with E-state index in [0.29, 0.717) is 5.56 Å². The molecule has 0 aliphatic heterocycles. The van der Waals surface area contributed by atoms with Crippen LogP contribution < -0.4 is 4.18 Å². The SMILES string of the molecule is CCC(CC)(c1ccc(CC(C)C(O)C(C)(C)C)c(C)c1)c1ccc(OS(=O)(=O)CC(=O)O)c(C)c1. The van der Waals surface area contributed by atoms with Crippen molar-refractivity contribution >= 4 is 16.1 Å². The molecule has 2 atom stereocenters. The van der Waals surface area contributed by atoms with Gasteiger partial charge in [-0.15, -0.1) is 0 Å². The summed E-state index contributed by atoms with van der Waals surface area (Å²) in [7, 11) is -4.22. The lowest BCUT2D eigenvalue weighted by Gasteiger charge is -2.35. The summed E-state index contributed by atoms with van der Waals surface area (Å²) in [5, 5.41) is 19.5. The lowest BCUT2D eigenvalue weighted by atomic mass is 9.69. The number of carboxylic acid groups (broad SMARTS) is 1. The van der Waals surface area contributed by atoms with Crippen molar-refractivity contribution in [2.45, 2.75) is 86.2 Å². The lowest BCUT2D eigenvalue weighted by Crippen LogP contribution is -2.33. The summed E-state index contributed by atoms with van der Waals surface area (Å²) in [6.45, 7) is 16.4. The van der Waals surface area contributed by atoms with Crippen LogP contribution in [0, 0.1) is 25.2 Å². The molecule has 2 N–H and O–H groups in total. The van der Waals surface area contributed by atoms with Crippen molar-refractivity contribution in [1.82, 2.24) is 0 Å². The Hall–Kier alpha value is -2.38. The van der Waals surface area contributed by atoms with Crippen molar-refractivity contribution < 1.29 is 27.6 Å². The van der Waals surface area contributed by atoms with Crippen LogP contribution in [0.3, 0.4) is 0 Å². The van der Waals surface area contributed by atoms with E-state index in [2.05, 4.69) is 66.7 Å². The van der Waals surface area contributed by atoms with E-state index < -0.39 is 27.9 Å². The zero-order valence-electron chi connectivity index (χ0n) is 22.9. The van der Waals surface area contributed by atoms with Gasteiger partial charge in [-0.1, -0.05) is 71.9 Å². The maximum Gasteiger partial charge on any atom is 0.322 e. The number of hydrogen-bond acceptors (Lipinski definition) is 5. The third kappa shape index (κ3) is 6.88. The standard InChI is InChI=1S/C29H42O6S/c1-9-29(10-2,24-13-14-25(20(4)17-24)35-36(33,34)18-26(30)31)23-12-11-22(19(3)16-23)15-21(5)27(32)28(6,7)8/h11-14,16-17,21,27,32H,9-10,15,18H2,1-8H3,(H,30,31). The third-order valence-corrected chi connectivity index (χ3v) is 8.35. The second kappa shape index (κ2) is 11.3. The van der Waals surface area contributed by atoms with Gasteiger partial charge in [0.15, 0.2) is 5.75 Å². The van der Waals surface area contributed by atoms with Gasteiger partial charge in [0, 0.05) is 5.41 Å². The van der Waals surface area contributed by atoms with Crippen molar-refractivity contribution in [2.75, 3.05) is 5.75 Å². The van der Waals surface area contributed by atoms with Crippen LogP contribution in [-0.2, 0) is 26.7 Å². The van der Waals surface area contributed by atoms with Crippen LogP contribution in [0.4, 0.5) is 0 Å². The highest BCUT2D eigenvalue weighted by atomic mass is 32.2. The van der Waals surface area contributed by atoms with Crippen LogP contribution in [0.15, 0.2) is 36.4 Å². The summed E-state index contributed by atoms with van der Waals surface area (Å²) in [6.07, 6.45) is 2.09. The summed E-state index contributed by atoms with van der Waals surface area (Å²) < 4.78 is 29.1. The number of aliphatic carboxylic acids is 1. The Balaban J connectivity index is 2.41. The summed E-state index contributed by atoms with van der Waals surface area (Å²) in [4.78, 5) is 10.8. The molecular weight excluding hydrogens is 476 g/mol. The highest BCUT2D eigenvalue weighted by Crippen LogP contribution is 2.41. The molecule has 0 fully saturated rings. The summed E-state index contributed by atoms with van der Waals surface area (Å²) in [5.41, 5.74) is 4.82. The van der Waals surface area contributed by atoms with Gasteiger partial charge in [-0.25, -0.2) is 0 Å². The van der Waals surface area contributed by atoms with E-state index in [0.717, 1.165) is 24.8 Å². The predicted molar refractivity (Wildman–Crippen MR) is 144 cm³/mol. The van der Waals surface area contributed by atoms with Gasteiger partial charge in [0.1, 0.15) is 5.75 Å². The molecule has 2 aromatic carbocycles. The van der Waals surface area contributed by atoms with Gasteiger partial charge < -0.3 is 14.4 Å². The number of hydrogen-bond donors (Lipinski definition) is 2. The second-order valence-corrected chi connectivity index (χ2v) is 12.7. The van der Waals surface area contributed by atoms with Crippen LogP contribution >= 0.6 is 0 Å². The van der Waals surface area contributed by atoms with E-state index in [1.165, 1.54) is 16.7 Å². The Labute approximate surface area is 216 Å². The summed E-state index contributed by atoms with van der Waals surface area (Å²) in [6, 6.07) is 12.0. The van der Waals surface area contributed by atoms with Gasteiger partial charge in [-0.2, -0.15) is 8.42 Å². The minimum absolute atomic E-state index is 0.129. The van der Waals surface area contributed by atoms with E-state index in [4.69, 9.17) is 9.29 Å². The van der Waals surface area contributed by atoms with E-state index in [9.17, 15) is 18.3 Å². The van der Waals surface area contributed by atoms with Crippen LogP contribution in [0.5, 0.6) is 5.75 Å². The minimum atomic E-state index is -4.22. The monoisotopic (exact) mass is 518 g/mol. The van der Waals surface area contributed by atoms with Crippen molar-refractivity contribution in [3.05, 3.63) is 64.2 Å². The molecule has 200 valence electrons. The molecule has 7 heteroatoms.